The van der Waals surface area contributed by atoms with Crippen LogP contribution in [-0.4, -0.2) is 37.2 Å². The predicted octanol–water partition coefficient (Wildman–Crippen LogP) is 22.8. The predicted molar refractivity (Wildman–Crippen MR) is 339 cm³/mol. The van der Waals surface area contributed by atoms with Crippen molar-refractivity contribution in [1.82, 2.24) is 0 Å². The lowest BCUT2D eigenvalue weighted by Crippen LogP contribution is -2.30. The second kappa shape index (κ2) is 65.8. The summed E-state index contributed by atoms with van der Waals surface area (Å²) in [7, 11) is 0. The van der Waals surface area contributed by atoms with Gasteiger partial charge in [0, 0.05) is 12.8 Å². The maximum absolute atomic E-state index is 12.9. The molecule has 0 aromatic rings. The minimum Gasteiger partial charge on any atom is -0.462 e. The van der Waals surface area contributed by atoms with Gasteiger partial charge in [0.2, 0.25) is 0 Å². The van der Waals surface area contributed by atoms with E-state index in [2.05, 4.69) is 106 Å². The first-order chi connectivity index (χ1) is 38.5. The number of unbranched alkanes of at least 4 members (excludes halogenated alkanes) is 34. The van der Waals surface area contributed by atoms with Crippen LogP contribution in [0.1, 0.15) is 323 Å². The normalized spacial score (nSPS) is 12.7. The van der Waals surface area contributed by atoms with E-state index in [0.717, 1.165) is 83.5 Å². The van der Waals surface area contributed by atoms with E-state index < -0.39 is 12.1 Å². The third-order valence-corrected chi connectivity index (χ3v) is 14.3. The minimum absolute atomic E-state index is 0.109. The molecule has 0 aromatic heterocycles. The molecule has 0 saturated carbocycles. The highest BCUT2D eigenvalue weighted by Crippen LogP contribution is 2.17. The average molecular weight is 1090 g/mol. The third kappa shape index (κ3) is 63.2. The van der Waals surface area contributed by atoms with Crippen molar-refractivity contribution < 1.29 is 28.6 Å². The van der Waals surface area contributed by atoms with Crippen LogP contribution in [0.4, 0.5) is 0 Å². The van der Waals surface area contributed by atoms with Crippen LogP contribution in [0.15, 0.2) is 97.2 Å². The van der Waals surface area contributed by atoms with Gasteiger partial charge >= 0.3 is 17.9 Å². The first-order valence-corrected chi connectivity index (χ1v) is 33.2. The van der Waals surface area contributed by atoms with Crippen LogP contribution in [0.25, 0.3) is 0 Å². The van der Waals surface area contributed by atoms with E-state index in [1.54, 1.807) is 6.08 Å². The van der Waals surface area contributed by atoms with Crippen molar-refractivity contribution in [3.8, 4) is 0 Å². The van der Waals surface area contributed by atoms with Crippen molar-refractivity contribution in [2.45, 2.75) is 329 Å². The second-order valence-electron chi connectivity index (χ2n) is 22.0. The van der Waals surface area contributed by atoms with Gasteiger partial charge in [-0.15, -0.1) is 0 Å². The molecule has 6 heteroatoms. The fraction of sp³-hybridized carbons (Fsp3) is 0.736. The second-order valence-corrected chi connectivity index (χ2v) is 22.0. The molecular weight excluding hydrogens is 961 g/mol. The Morgan fingerprint density at radius 3 is 0.923 bits per heavy atom. The summed E-state index contributed by atoms with van der Waals surface area (Å²) in [4.78, 5) is 38.3. The molecule has 0 radical (unpaired) electrons. The fourth-order valence-corrected chi connectivity index (χ4v) is 9.37. The Kier molecular flexibility index (Phi) is 62.7. The highest BCUT2D eigenvalue weighted by molar-refractivity contribution is 5.72. The first-order valence-electron chi connectivity index (χ1n) is 33.2. The van der Waals surface area contributed by atoms with Gasteiger partial charge in [0.25, 0.3) is 0 Å². The molecule has 0 heterocycles. The number of allylic oxidation sites excluding steroid dienone is 15. The van der Waals surface area contributed by atoms with Gasteiger partial charge in [-0.05, 0) is 103 Å². The summed E-state index contributed by atoms with van der Waals surface area (Å²) in [5.41, 5.74) is 0. The Morgan fingerprint density at radius 1 is 0.282 bits per heavy atom. The monoisotopic (exact) mass is 1080 g/mol. The van der Waals surface area contributed by atoms with E-state index in [0.29, 0.717) is 12.8 Å². The molecule has 448 valence electrons. The van der Waals surface area contributed by atoms with Crippen molar-refractivity contribution in [3.05, 3.63) is 97.2 Å². The molecule has 78 heavy (non-hydrogen) atoms. The van der Waals surface area contributed by atoms with Crippen molar-refractivity contribution in [1.29, 1.82) is 0 Å². The topological polar surface area (TPSA) is 78.9 Å². The zero-order chi connectivity index (χ0) is 56.4. The van der Waals surface area contributed by atoms with Crippen LogP contribution < -0.4 is 0 Å². The largest absolute Gasteiger partial charge is 0.462 e. The van der Waals surface area contributed by atoms with E-state index in [1.807, 2.05) is 6.08 Å². The fourth-order valence-electron chi connectivity index (χ4n) is 9.37. The van der Waals surface area contributed by atoms with Crippen molar-refractivity contribution in [2.75, 3.05) is 13.2 Å². The van der Waals surface area contributed by atoms with Crippen LogP contribution in [-0.2, 0) is 28.6 Å². The van der Waals surface area contributed by atoms with E-state index in [9.17, 15) is 14.4 Å². The van der Waals surface area contributed by atoms with Crippen molar-refractivity contribution in [3.63, 3.8) is 0 Å². The third-order valence-electron chi connectivity index (χ3n) is 14.3. The number of carbonyl (C=O) groups excluding carboxylic acids is 3. The van der Waals surface area contributed by atoms with E-state index in [1.165, 1.54) is 199 Å². The highest BCUT2D eigenvalue weighted by Gasteiger charge is 2.19. The molecular formula is C72H124O6. The van der Waals surface area contributed by atoms with Gasteiger partial charge in [-0.1, -0.05) is 298 Å². The molecule has 0 aliphatic rings. The Hall–Kier alpha value is -3.67. The number of rotatable bonds is 60. The molecule has 0 fully saturated rings. The quantitative estimate of drug-likeness (QED) is 0.0261. The van der Waals surface area contributed by atoms with E-state index >= 15 is 0 Å². The Labute approximate surface area is 483 Å². The molecule has 0 aliphatic carbocycles. The molecule has 0 amide bonds. The standard InChI is InChI=1S/C72H124O6/c1-4-7-10-13-16-19-22-25-28-30-32-33-34-35-36-37-38-39-40-42-44-47-50-53-56-59-62-65-71(74)77-68-69(67-76-70(73)64-61-58-55-52-49-46-43-27-24-21-18-15-12-9-6-3)78-72(75)66-63-60-57-54-51-48-45-41-31-29-26-23-20-17-14-11-8-5-2/h9,12,18,20-21,23,27,29-32,43,49,52,58,61,69H,4-8,10-11,13-17,19,22,24-26,28,33-42,44-48,50-51,53-57,59-60,62-68H2,1-3H3/b12-9-,21-18-,23-20-,31-29-,32-30-,43-27-,52-49-,61-58-. The summed E-state index contributed by atoms with van der Waals surface area (Å²) in [5, 5.41) is 0. The lowest BCUT2D eigenvalue weighted by atomic mass is 10.0. The zero-order valence-corrected chi connectivity index (χ0v) is 51.4. The SMILES string of the molecule is CC/C=C\C/C=C\C/C=C\C/C=C\C/C=C\CC(=O)OCC(COC(=O)CCCCCCCCCCCCCCCCC/C=C\CCCCCCCCCC)OC(=O)CCCCCCCCC/C=C\C/C=C\CCCCCC. The van der Waals surface area contributed by atoms with Gasteiger partial charge in [-0.3, -0.25) is 14.4 Å². The lowest BCUT2D eigenvalue weighted by Gasteiger charge is -2.18. The van der Waals surface area contributed by atoms with Gasteiger partial charge in [-0.25, -0.2) is 0 Å². The van der Waals surface area contributed by atoms with E-state index in [-0.39, 0.29) is 31.6 Å². The smallest absolute Gasteiger partial charge is 0.309 e. The van der Waals surface area contributed by atoms with Crippen LogP contribution in [0.5, 0.6) is 0 Å². The summed E-state index contributed by atoms with van der Waals surface area (Å²) < 4.78 is 16.8. The Morgan fingerprint density at radius 2 is 0.551 bits per heavy atom. The average Bonchev–Trinajstić information content (AvgIpc) is 3.44. The van der Waals surface area contributed by atoms with Gasteiger partial charge < -0.3 is 14.2 Å². The number of ether oxygens (including phenoxy) is 3. The number of esters is 3. The Balaban J connectivity index is 4.35. The summed E-state index contributed by atoms with van der Waals surface area (Å²) >= 11 is 0. The summed E-state index contributed by atoms with van der Waals surface area (Å²) in [6.07, 6.45) is 88.8. The molecule has 0 aromatic carbocycles. The van der Waals surface area contributed by atoms with Gasteiger partial charge in [0.15, 0.2) is 6.10 Å². The van der Waals surface area contributed by atoms with Gasteiger partial charge in [0.05, 0.1) is 6.42 Å². The van der Waals surface area contributed by atoms with Crippen LogP contribution in [0, 0.1) is 0 Å². The molecule has 0 N–H and O–H groups in total. The molecule has 1 atom stereocenters. The molecule has 6 nitrogen and oxygen atoms in total. The van der Waals surface area contributed by atoms with Crippen LogP contribution in [0.2, 0.25) is 0 Å². The van der Waals surface area contributed by atoms with Crippen molar-refractivity contribution in [2.24, 2.45) is 0 Å². The number of hydrogen-bond acceptors (Lipinski definition) is 6. The minimum atomic E-state index is -0.823. The summed E-state index contributed by atoms with van der Waals surface area (Å²) in [6.45, 7) is 6.45. The first kappa shape index (κ1) is 74.3. The summed E-state index contributed by atoms with van der Waals surface area (Å²) in [5.74, 6) is -1.04. The maximum atomic E-state index is 12.9. The highest BCUT2D eigenvalue weighted by atomic mass is 16.6. The van der Waals surface area contributed by atoms with Gasteiger partial charge in [0.1, 0.15) is 13.2 Å². The maximum Gasteiger partial charge on any atom is 0.309 e. The number of hydrogen-bond donors (Lipinski definition) is 0. The Bertz CT molecular complexity index is 1530. The molecule has 0 rings (SSSR count). The van der Waals surface area contributed by atoms with Crippen LogP contribution in [0.3, 0.4) is 0 Å². The van der Waals surface area contributed by atoms with Crippen molar-refractivity contribution >= 4 is 17.9 Å². The molecule has 0 aliphatic heterocycles. The summed E-state index contributed by atoms with van der Waals surface area (Å²) in [6, 6.07) is 0. The molecule has 0 spiro atoms. The van der Waals surface area contributed by atoms with Gasteiger partial charge in [-0.2, -0.15) is 0 Å². The van der Waals surface area contributed by atoms with Crippen LogP contribution >= 0.6 is 0 Å². The molecule has 1 unspecified atom stereocenters. The molecule has 0 saturated heterocycles. The lowest BCUT2D eigenvalue weighted by molar-refractivity contribution is -0.166. The molecule has 0 bridgehead atoms. The van der Waals surface area contributed by atoms with E-state index in [4.69, 9.17) is 14.2 Å². The number of carbonyl (C=O) groups is 3. The zero-order valence-electron chi connectivity index (χ0n) is 51.4.